The van der Waals surface area contributed by atoms with Gasteiger partial charge in [-0.1, -0.05) is 74.9 Å². The lowest BCUT2D eigenvalue weighted by Gasteiger charge is -2.25. The van der Waals surface area contributed by atoms with E-state index in [0.717, 1.165) is 6.42 Å². The van der Waals surface area contributed by atoms with E-state index in [2.05, 4.69) is 149 Å². The molecule has 0 radical (unpaired) electrons. The average molecular weight is 449 g/mol. The molecule has 0 N–H and O–H groups in total. The molecule has 0 atom stereocenters. The topological polar surface area (TPSA) is 6.48 Å². The third kappa shape index (κ3) is 5.02. The largest absolute Gasteiger partial charge is 0.345 e. The van der Waals surface area contributed by atoms with E-state index in [1.165, 1.54) is 45.0 Å². The molecule has 0 unspecified atom stereocenters. The summed E-state index contributed by atoms with van der Waals surface area (Å²) >= 11 is 0. The Hall–Kier alpha value is -3.52. The Labute approximate surface area is 205 Å². The van der Waals surface area contributed by atoms with E-state index in [9.17, 15) is 0 Å². The molecule has 0 aliphatic rings. The first kappa shape index (κ1) is 23.6. The molecule has 2 nitrogen and oxygen atoms in total. The number of nitrogens with zero attached hydrogens (tertiary/aromatic N) is 2. The molecule has 2 heteroatoms. The van der Waals surface area contributed by atoms with Crippen LogP contribution in [0.3, 0.4) is 0 Å². The smallest absolute Gasteiger partial charge is 0.0408 e. The van der Waals surface area contributed by atoms with Crippen LogP contribution in [0.15, 0.2) is 97.1 Å². The second-order valence-electron chi connectivity index (χ2n) is 9.83. The fraction of sp³-hybridized carbons (Fsp3) is 0.250. The molecule has 0 bridgehead atoms. The monoisotopic (exact) mass is 448 g/mol. The molecule has 4 rings (SSSR count). The molecule has 0 saturated heterocycles. The van der Waals surface area contributed by atoms with Gasteiger partial charge in [0, 0.05) is 36.8 Å². The highest BCUT2D eigenvalue weighted by molar-refractivity contribution is 5.72. The summed E-state index contributed by atoms with van der Waals surface area (Å²) in [4.78, 5) is 4.46. The molecule has 174 valence electrons. The Bertz CT molecular complexity index is 1200. The number of benzene rings is 4. The van der Waals surface area contributed by atoms with E-state index < -0.39 is 0 Å². The number of aryl methyl sites for hydroxylation is 1. The lowest BCUT2D eigenvalue weighted by Crippen LogP contribution is -2.16. The molecular formula is C32H36N2. The van der Waals surface area contributed by atoms with E-state index in [1.807, 2.05) is 0 Å². The number of hydrogen-bond donors (Lipinski definition) is 0. The van der Waals surface area contributed by atoms with Crippen LogP contribution in [0.25, 0.3) is 11.1 Å². The third-order valence-electron chi connectivity index (χ3n) is 7.18. The predicted octanol–water partition coefficient (Wildman–Crippen LogP) is 8.89. The zero-order valence-electron chi connectivity index (χ0n) is 21.3. The van der Waals surface area contributed by atoms with E-state index in [0.29, 0.717) is 0 Å². The predicted molar refractivity (Wildman–Crippen MR) is 149 cm³/mol. The molecule has 4 aromatic rings. The third-order valence-corrected chi connectivity index (χ3v) is 7.18. The first-order valence-electron chi connectivity index (χ1n) is 12.1. The summed E-state index contributed by atoms with van der Waals surface area (Å²) in [6.07, 6.45) is 1.13. The maximum Gasteiger partial charge on any atom is 0.0408 e. The van der Waals surface area contributed by atoms with E-state index in [-0.39, 0.29) is 5.41 Å². The summed E-state index contributed by atoms with van der Waals surface area (Å²) in [6.45, 7) is 8.97. The van der Waals surface area contributed by atoms with Gasteiger partial charge in [0.2, 0.25) is 0 Å². The van der Waals surface area contributed by atoms with Crippen LogP contribution in [0.4, 0.5) is 22.7 Å². The van der Waals surface area contributed by atoms with Crippen LogP contribution < -0.4 is 9.80 Å². The van der Waals surface area contributed by atoms with Crippen molar-refractivity contribution in [3.63, 3.8) is 0 Å². The van der Waals surface area contributed by atoms with E-state index >= 15 is 0 Å². The SMILES string of the molecule is CCC(C)(C)c1ccc(N(C)c2ccc(-c3ccc(N(C)c4ccc(C)cc4)cc3)cc2)cc1. The molecule has 0 amide bonds. The Morgan fingerprint density at radius 1 is 0.529 bits per heavy atom. The number of rotatable bonds is 7. The van der Waals surface area contributed by atoms with Crippen molar-refractivity contribution in [3.8, 4) is 11.1 Å². The summed E-state index contributed by atoms with van der Waals surface area (Å²) < 4.78 is 0. The molecule has 0 aliphatic heterocycles. The second kappa shape index (κ2) is 9.77. The summed E-state index contributed by atoms with van der Waals surface area (Å²) in [7, 11) is 4.24. The van der Waals surface area contributed by atoms with Crippen LogP contribution in [0, 0.1) is 6.92 Å². The summed E-state index contributed by atoms with van der Waals surface area (Å²) in [5, 5.41) is 0. The molecular weight excluding hydrogens is 412 g/mol. The Morgan fingerprint density at radius 3 is 1.21 bits per heavy atom. The fourth-order valence-corrected chi connectivity index (χ4v) is 4.16. The van der Waals surface area contributed by atoms with Gasteiger partial charge in [-0.25, -0.2) is 0 Å². The molecule has 0 heterocycles. The van der Waals surface area contributed by atoms with E-state index in [4.69, 9.17) is 0 Å². The van der Waals surface area contributed by atoms with Gasteiger partial charge in [-0.2, -0.15) is 0 Å². The highest BCUT2D eigenvalue weighted by Gasteiger charge is 2.18. The van der Waals surface area contributed by atoms with Crippen LogP contribution in [-0.2, 0) is 5.41 Å². The minimum atomic E-state index is 0.212. The van der Waals surface area contributed by atoms with Gasteiger partial charge < -0.3 is 9.80 Å². The van der Waals surface area contributed by atoms with Crippen molar-refractivity contribution in [2.75, 3.05) is 23.9 Å². The van der Waals surface area contributed by atoms with Crippen LogP contribution in [0.1, 0.15) is 38.3 Å². The van der Waals surface area contributed by atoms with Gasteiger partial charge in [0.15, 0.2) is 0 Å². The van der Waals surface area contributed by atoms with Gasteiger partial charge in [0.25, 0.3) is 0 Å². The van der Waals surface area contributed by atoms with Crippen molar-refractivity contribution >= 4 is 22.7 Å². The van der Waals surface area contributed by atoms with Gasteiger partial charge in [-0.3, -0.25) is 0 Å². The Balaban J connectivity index is 1.47. The first-order chi connectivity index (χ1) is 16.3. The molecule has 0 spiro atoms. The van der Waals surface area contributed by atoms with Gasteiger partial charge in [0.05, 0.1) is 0 Å². The zero-order valence-corrected chi connectivity index (χ0v) is 21.3. The molecule has 0 fully saturated rings. The minimum Gasteiger partial charge on any atom is -0.345 e. The lowest BCUT2D eigenvalue weighted by atomic mass is 9.82. The van der Waals surface area contributed by atoms with E-state index in [1.54, 1.807) is 0 Å². The average Bonchev–Trinajstić information content (AvgIpc) is 2.88. The minimum absolute atomic E-state index is 0.212. The molecule has 4 aromatic carbocycles. The normalized spacial score (nSPS) is 11.4. The van der Waals surface area contributed by atoms with Gasteiger partial charge in [-0.15, -0.1) is 0 Å². The van der Waals surface area contributed by atoms with Crippen LogP contribution in [0.5, 0.6) is 0 Å². The zero-order chi connectivity index (χ0) is 24.3. The Kier molecular flexibility index (Phi) is 6.79. The van der Waals surface area contributed by atoms with Crippen molar-refractivity contribution in [2.24, 2.45) is 0 Å². The summed E-state index contributed by atoms with van der Waals surface area (Å²) in [5.41, 5.74) is 10.1. The van der Waals surface area contributed by atoms with Crippen molar-refractivity contribution in [1.82, 2.24) is 0 Å². The molecule has 0 saturated carbocycles. The standard InChI is InChI=1S/C32H36N2/c1-7-32(3,4)27-14-22-31(23-15-27)34(6)30-20-12-26(13-21-30)25-10-18-29(19-11-25)33(5)28-16-8-24(2)9-17-28/h8-23H,7H2,1-6H3. The molecule has 0 aliphatic carbocycles. The fourth-order valence-electron chi connectivity index (χ4n) is 4.16. The van der Waals surface area contributed by atoms with Crippen molar-refractivity contribution in [1.29, 1.82) is 0 Å². The number of anilines is 4. The van der Waals surface area contributed by atoms with Crippen molar-refractivity contribution in [3.05, 3.63) is 108 Å². The van der Waals surface area contributed by atoms with Crippen LogP contribution in [0.2, 0.25) is 0 Å². The maximum atomic E-state index is 2.30. The molecule has 0 aromatic heterocycles. The molecule has 34 heavy (non-hydrogen) atoms. The van der Waals surface area contributed by atoms with Gasteiger partial charge >= 0.3 is 0 Å². The maximum absolute atomic E-state index is 2.30. The van der Waals surface area contributed by atoms with Gasteiger partial charge in [-0.05, 0) is 84.0 Å². The lowest BCUT2D eigenvalue weighted by molar-refractivity contribution is 0.506. The number of hydrogen-bond acceptors (Lipinski definition) is 2. The van der Waals surface area contributed by atoms with Crippen LogP contribution in [-0.4, -0.2) is 14.1 Å². The first-order valence-corrected chi connectivity index (χ1v) is 12.1. The summed E-state index contributed by atoms with van der Waals surface area (Å²) in [6, 6.07) is 35.2. The quantitative estimate of drug-likeness (QED) is 0.278. The highest BCUT2D eigenvalue weighted by atomic mass is 15.1. The highest BCUT2D eigenvalue weighted by Crippen LogP contribution is 2.32. The van der Waals surface area contributed by atoms with Crippen molar-refractivity contribution in [2.45, 2.75) is 39.5 Å². The summed E-state index contributed by atoms with van der Waals surface area (Å²) in [5.74, 6) is 0. The second-order valence-corrected chi connectivity index (χ2v) is 9.83. The Morgan fingerprint density at radius 2 is 0.853 bits per heavy atom. The van der Waals surface area contributed by atoms with Crippen molar-refractivity contribution < 1.29 is 0 Å². The van der Waals surface area contributed by atoms with Crippen LogP contribution >= 0.6 is 0 Å². The van der Waals surface area contributed by atoms with Gasteiger partial charge in [0.1, 0.15) is 0 Å².